The van der Waals surface area contributed by atoms with Crippen LogP contribution < -0.4 is 10.2 Å². The molecule has 1 aliphatic heterocycles. The van der Waals surface area contributed by atoms with Gasteiger partial charge in [-0.05, 0) is 43.3 Å². The number of nitrogens with one attached hydrogen (secondary N) is 1. The molecular weight excluding hydrogens is 336 g/mol. The summed E-state index contributed by atoms with van der Waals surface area (Å²) in [5.74, 6) is -2.33. The Morgan fingerprint density at radius 2 is 1.69 bits per heavy atom. The van der Waals surface area contributed by atoms with Crippen LogP contribution in [0.3, 0.4) is 0 Å². The molecule has 3 rings (SSSR count). The summed E-state index contributed by atoms with van der Waals surface area (Å²) in [5.41, 5.74) is 1.39. The molecule has 0 atom stereocenters. The molecule has 0 saturated carbocycles. The van der Waals surface area contributed by atoms with Crippen LogP contribution in [0.2, 0.25) is 0 Å². The summed E-state index contributed by atoms with van der Waals surface area (Å²) >= 11 is 0. The molecule has 2 aromatic rings. The minimum absolute atomic E-state index is 0.139. The van der Waals surface area contributed by atoms with E-state index in [1.165, 1.54) is 11.8 Å². The number of benzene rings is 2. The second kappa shape index (κ2) is 8.76. The Hall–Kier alpha value is -2.47. The van der Waals surface area contributed by atoms with E-state index < -0.39 is 11.6 Å². The predicted octanol–water partition coefficient (Wildman–Crippen LogP) is 2.91. The second-order valence-corrected chi connectivity index (χ2v) is 6.40. The van der Waals surface area contributed by atoms with E-state index in [0.717, 1.165) is 51.3 Å². The number of anilines is 1. The van der Waals surface area contributed by atoms with Gasteiger partial charge in [0.15, 0.2) is 11.6 Å². The van der Waals surface area contributed by atoms with Crippen molar-refractivity contribution in [2.24, 2.45) is 0 Å². The molecule has 0 unspecified atom stereocenters. The van der Waals surface area contributed by atoms with E-state index in [2.05, 4.69) is 39.4 Å². The number of amides is 1. The summed E-state index contributed by atoms with van der Waals surface area (Å²) in [7, 11) is 0. The van der Waals surface area contributed by atoms with Crippen LogP contribution >= 0.6 is 0 Å². The molecule has 0 aromatic heterocycles. The van der Waals surface area contributed by atoms with E-state index in [0.29, 0.717) is 6.54 Å². The lowest BCUT2D eigenvalue weighted by molar-refractivity contribution is 0.0951. The quantitative estimate of drug-likeness (QED) is 0.806. The summed E-state index contributed by atoms with van der Waals surface area (Å²) in [6.45, 7) is 5.38. The Labute approximate surface area is 152 Å². The van der Waals surface area contributed by atoms with Crippen molar-refractivity contribution in [2.45, 2.75) is 6.42 Å². The zero-order chi connectivity index (χ0) is 18.4. The first-order chi connectivity index (χ1) is 12.6. The van der Waals surface area contributed by atoms with Gasteiger partial charge in [0.2, 0.25) is 0 Å². The highest BCUT2D eigenvalue weighted by Gasteiger charge is 2.16. The Morgan fingerprint density at radius 3 is 2.38 bits per heavy atom. The third-order valence-corrected chi connectivity index (χ3v) is 4.61. The van der Waals surface area contributed by atoms with Gasteiger partial charge in [-0.25, -0.2) is 8.78 Å². The minimum Gasteiger partial charge on any atom is -0.369 e. The monoisotopic (exact) mass is 359 g/mol. The Morgan fingerprint density at radius 1 is 0.962 bits per heavy atom. The first kappa shape index (κ1) is 18.3. The van der Waals surface area contributed by atoms with E-state index >= 15 is 0 Å². The van der Waals surface area contributed by atoms with Crippen LogP contribution in [0.1, 0.15) is 16.8 Å². The first-order valence-electron chi connectivity index (χ1n) is 8.89. The van der Waals surface area contributed by atoms with Crippen molar-refractivity contribution in [3.63, 3.8) is 0 Å². The van der Waals surface area contributed by atoms with Crippen molar-refractivity contribution in [1.29, 1.82) is 0 Å². The van der Waals surface area contributed by atoms with Crippen molar-refractivity contribution >= 4 is 11.6 Å². The molecule has 0 radical (unpaired) electrons. The lowest BCUT2D eigenvalue weighted by Crippen LogP contribution is -2.47. The zero-order valence-electron chi connectivity index (χ0n) is 14.6. The molecule has 1 aliphatic rings. The molecule has 1 fully saturated rings. The maximum absolute atomic E-state index is 13.2. The second-order valence-electron chi connectivity index (χ2n) is 6.40. The van der Waals surface area contributed by atoms with Gasteiger partial charge in [0.1, 0.15) is 0 Å². The number of carbonyl (C=O) groups is 1. The van der Waals surface area contributed by atoms with Gasteiger partial charge in [0, 0.05) is 44.0 Å². The van der Waals surface area contributed by atoms with E-state index in [9.17, 15) is 13.6 Å². The normalized spacial score (nSPS) is 15.1. The third kappa shape index (κ3) is 4.79. The fourth-order valence-electron chi connectivity index (χ4n) is 3.11. The molecule has 0 bridgehead atoms. The fourth-order valence-corrected chi connectivity index (χ4v) is 3.11. The molecule has 138 valence electrons. The number of halogens is 2. The lowest BCUT2D eigenvalue weighted by Gasteiger charge is -2.36. The summed E-state index contributed by atoms with van der Waals surface area (Å²) in [4.78, 5) is 16.7. The van der Waals surface area contributed by atoms with Gasteiger partial charge in [-0.2, -0.15) is 0 Å². The molecule has 26 heavy (non-hydrogen) atoms. The predicted molar refractivity (Wildman–Crippen MR) is 98.4 cm³/mol. The van der Waals surface area contributed by atoms with Crippen molar-refractivity contribution in [3.05, 3.63) is 65.7 Å². The molecule has 1 amide bonds. The molecule has 4 nitrogen and oxygen atoms in total. The molecular formula is C20H23F2N3O. The van der Waals surface area contributed by atoms with Gasteiger partial charge in [-0.3, -0.25) is 9.69 Å². The number of rotatable bonds is 6. The third-order valence-electron chi connectivity index (χ3n) is 4.61. The summed E-state index contributed by atoms with van der Waals surface area (Å²) in [6, 6.07) is 13.6. The standard InChI is InChI=1S/C20H23F2N3O/c21-18-8-7-16(15-19(18)22)20(26)23-9-4-10-24-11-13-25(14-12-24)17-5-2-1-3-6-17/h1-3,5-8,15H,4,9-14H2,(H,23,26). The molecule has 2 aromatic carbocycles. The summed E-state index contributed by atoms with van der Waals surface area (Å²) < 4.78 is 26.1. The number of carbonyl (C=O) groups excluding carboxylic acids is 1. The smallest absolute Gasteiger partial charge is 0.251 e. The first-order valence-corrected chi connectivity index (χ1v) is 8.89. The highest BCUT2D eigenvalue weighted by Crippen LogP contribution is 2.15. The zero-order valence-corrected chi connectivity index (χ0v) is 14.6. The van der Waals surface area contributed by atoms with Gasteiger partial charge in [0.05, 0.1) is 0 Å². The molecule has 1 heterocycles. The van der Waals surface area contributed by atoms with Gasteiger partial charge >= 0.3 is 0 Å². The number of hydrogen-bond donors (Lipinski definition) is 1. The van der Waals surface area contributed by atoms with Crippen LogP contribution in [0, 0.1) is 11.6 Å². The molecule has 0 aliphatic carbocycles. The molecule has 1 N–H and O–H groups in total. The van der Waals surface area contributed by atoms with Crippen LogP contribution in [-0.4, -0.2) is 50.1 Å². The van der Waals surface area contributed by atoms with E-state index in [1.54, 1.807) is 0 Å². The van der Waals surface area contributed by atoms with Gasteiger partial charge in [0.25, 0.3) is 5.91 Å². The maximum Gasteiger partial charge on any atom is 0.251 e. The lowest BCUT2D eigenvalue weighted by atomic mass is 10.2. The average Bonchev–Trinajstić information content (AvgIpc) is 2.68. The van der Waals surface area contributed by atoms with Crippen LogP contribution in [0.25, 0.3) is 0 Å². The fraction of sp³-hybridized carbons (Fsp3) is 0.350. The van der Waals surface area contributed by atoms with Gasteiger partial charge in [-0.1, -0.05) is 18.2 Å². The van der Waals surface area contributed by atoms with E-state index in [1.807, 2.05) is 6.07 Å². The molecule has 6 heteroatoms. The van der Waals surface area contributed by atoms with E-state index in [-0.39, 0.29) is 11.5 Å². The van der Waals surface area contributed by atoms with Gasteiger partial charge < -0.3 is 10.2 Å². The Bertz CT molecular complexity index is 731. The van der Waals surface area contributed by atoms with Crippen LogP contribution in [-0.2, 0) is 0 Å². The number of piperazine rings is 1. The van der Waals surface area contributed by atoms with E-state index in [4.69, 9.17) is 0 Å². The largest absolute Gasteiger partial charge is 0.369 e. The summed E-state index contributed by atoms with van der Waals surface area (Å²) in [6.07, 6.45) is 0.820. The SMILES string of the molecule is O=C(NCCCN1CCN(c2ccccc2)CC1)c1ccc(F)c(F)c1. The number of para-hydroxylation sites is 1. The average molecular weight is 359 g/mol. The highest BCUT2D eigenvalue weighted by atomic mass is 19.2. The topological polar surface area (TPSA) is 35.6 Å². The van der Waals surface area contributed by atoms with Crippen LogP contribution in [0.15, 0.2) is 48.5 Å². The van der Waals surface area contributed by atoms with Crippen molar-refractivity contribution in [1.82, 2.24) is 10.2 Å². The van der Waals surface area contributed by atoms with Crippen LogP contribution in [0.5, 0.6) is 0 Å². The molecule has 1 saturated heterocycles. The van der Waals surface area contributed by atoms with Crippen LogP contribution in [0.4, 0.5) is 14.5 Å². The van der Waals surface area contributed by atoms with Crippen molar-refractivity contribution < 1.29 is 13.6 Å². The van der Waals surface area contributed by atoms with Crippen molar-refractivity contribution in [3.8, 4) is 0 Å². The Balaban J connectivity index is 1.35. The van der Waals surface area contributed by atoms with Crippen molar-refractivity contribution in [2.75, 3.05) is 44.2 Å². The Kier molecular flexibility index (Phi) is 6.17. The number of nitrogens with zero attached hydrogens (tertiary/aromatic N) is 2. The maximum atomic E-state index is 13.2. The molecule has 0 spiro atoms. The summed E-state index contributed by atoms with van der Waals surface area (Å²) in [5, 5.41) is 2.75. The highest BCUT2D eigenvalue weighted by molar-refractivity contribution is 5.94. The minimum atomic E-state index is -1.01. The van der Waals surface area contributed by atoms with Gasteiger partial charge in [-0.15, -0.1) is 0 Å². The number of hydrogen-bond acceptors (Lipinski definition) is 3.